The van der Waals surface area contributed by atoms with Gasteiger partial charge in [-0.05, 0) is 41.2 Å². The van der Waals surface area contributed by atoms with E-state index in [4.69, 9.17) is 5.73 Å². The maximum absolute atomic E-state index is 14.0. The average molecular weight is 751 g/mol. The Morgan fingerprint density at radius 3 is 1.56 bits per heavy atom. The van der Waals surface area contributed by atoms with Crippen LogP contribution in [0.4, 0.5) is 0 Å². The molecule has 0 heterocycles. The lowest BCUT2D eigenvalue weighted by atomic mass is 9.94. The Morgan fingerprint density at radius 2 is 1.07 bits per heavy atom. The Bertz CT molecular complexity index is 1520. The summed E-state index contributed by atoms with van der Waals surface area (Å²) in [6.07, 6.45) is 1.01. The summed E-state index contributed by atoms with van der Waals surface area (Å²) >= 11 is 0. The minimum atomic E-state index is -1.17. The monoisotopic (exact) mass is 750 g/mol. The fraction of sp³-hybridized carbons (Fsp3) is 0.561. The quantitative estimate of drug-likeness (QED) is 0.0949. The van der Waals surface area contributed by atoms with Crippen molar-refractivity contribution in [1.29, 1.82) is 0 Å². The van der Waals surface area contributed by atoms with E-state index in [0.717, 1.165) is 11.1 Å². The zero-order valence-corrected chi connectivity index (χ0v) is 33.1. The van der Waals surface area contributed by atoms with Gasteiger partial charge in [-0.15, -0.1) is 0 Å². The first-order chi connectivity index (χ1) is 25.4. The van der Waals surface area contributed by atoms with E-state index in [1.165, 1.54) is 0 Å². The highest BCUT2D eigenvalue weighted by atomic mass is 16.4. The van der Waals surface area contributed by atoms with Gasteiger partial charge in [0.2, 0.25) is 29.5 Å². The molecular formula is C41H62N6O7. The molecule has 7 atom stereocenters. The smallest absolute Gasteiger partial charge is 0.326 e. The summed E-state index contributed by atoms with van der Waals surface area (Å²) in [5, 5.41) is 23.6. The number of nitrogens with one attached hydrogen (secondary N) is 5. The van der Waals surface area contributed by atoms with E-state index in [-0.39, 0.29) is 55.3 Å². The predicted molar refractivity (Wildman–Crippen MR) is 209 cm³/mol. The van der Waals surface area contributed by atoms with Crippen LogP contribution in [0.3, 0.4) is 0 Å². The van der Waals surface area contributed by atoms with Crippen LogP contribution in [0.2, 0.25) is 0 Å². The number of benzene rings is 2. The Labute approximate surface area is 320 Å². The molecule has 2 aromatic carbocycles. The zero-order chi connectivity index (χ0) is 40.5. The maximum Gasteiger partial charge on any atom is 0.326 e. The van der Waals surface area contributed by atoms with Crippen molar-refractivity contribution >= 4 is 35.5 Å². The van der Waals surface area contributed by atoms with Gasteiger partial charge in [0.05, 0.1) is 0 Å². The topological polar surface area (TPSA) is 209 Å². The molecule has 0 radical (unpaired) electrons. The fourth-order valence-electron chi connectivity index (χ4n) is 5.97. The second kappa shape index (κ2) is 22.4. The minimum absolute atomic E-state index is 0.0831. The van der Waals surface area contributed by atoms with Crippen LogP contribution in [0.1, 0.15) is 85.8 Å². The molecule has 8 N–H and O–H groups in total. The van der Waals surface area contributed by atoms with E-state index >= 15 is 0 Å². The molecule has 54 heavy (non-hydrogen) atoms. The van der Waals surface area contributed by atoms with Crippen LogP contribution < -0.4 is 32.3 Å². The number of carbonyl (C=O) groups is 6. The standard InChI is InChI=1S/C41H62N6O7/c1-9-27(8)37(40(52)47-36(26(6)7)41(53)54)45-34(49)23-30(42)31(21-28-16-12-10-13-17-28)44-39(51)35(25(4)5)46-38(50)32(43-33(48)20-24(2)3)22-29-18-14-11-15-19-29/h10-19,24-27,30-32,35-37H,9,20-23,42H2,1-8H3,(H,43,48)(H,44,51)(H,45,49)(H,46,50)(H,47,52)(H,53,54)/t27-,30-,31-,32?,35?,36?,37-/m0/s1. The SMILES string of the molecule is CC[C@H](C)[C@H](NC(=O)C[C@H](N)[C@H](Cc1ccccc1)NC(=O)C(NC(=O)C(Cc1ccccc1)NC(=O)CC(C)C)C(C)C)C(=O)NC(C(=O)O)C(C)C. The van der Waals surface area contributed by atoms with Crippen molar-refractivity contribution in [1.82, 2.24) is 26.6 Å². The van der Waals surface area contributed by atoms with Crippen molar-refractivity contribution in [2.75, 3.05) is 0 Å². The lowest BCUT2D eigenvalue weighted by Gasteiger charge is -2.31. The van der Waals surface area contributed by atoms with E-state index in [0.29, 0.717) is 6.42 Å². The number of carboxylic acids is 1. The third-order valence-corrected chi connectivity index (χ3v) is 9.38. The first-order valence-electron chi connectivity index (χ1n) is 19.0. The number of nitrogens with two attached hydrogens (primary N) is 1. The van der Waals surface area contributed by atoms with Crippen molar-refractivity contribution in [3.8, 4) is 0 Å². The number of aliphatic carboxylic acids is 1. The molecule has 0 spiro atoms. The van der Waals surface area contributed by atoms with Crippen LogP contribution >= 0.6 is 0 Å². The molecule has 0 aliphatic heterocycles. The van der Waals surface area contributed by atoms with Gasteiger partial charge in [0.1, 0.15) is 24.2 Å². The maximum atomic E-state index is 14.0. The highest BCUT2D eigenvalue weighted by Gasteiger charge is 2.34. The molecular weight excluding hydrogens is 688 g/mol. The van der Waals surface area contributed by atoms with Gasteiger partial charge in [0.25, 0.3) is 0 Å². The number of hydrogen-bond acceptors (Lipinski definition) is 7. The van der Waals surface area contributed by atoms with Crippen LogP contribution in [0, 0.1) is 23.7 Å². The molecule has 0 aliphatic rings. The van der Waals surface area contributed by atoms with Crippen LogP contribution in [-0.4, -0.2) is 76.9 Å². The first-order valence-corrected chi connectivity index (χ1v) is 19.0. The van der Waals surface area contributed by atoms with E-state index in [1.54, 1.807) is 34.6 Å². The molecule has 13 nitrogen and oxygen atoms in total. The van der Waals surface area contributed by atoms with E-state index in [9.17, 15) is 33.9 Å². The van der Waals surface area contributed by atoms with Gasteiger partial charge in [-0.25, -0.2) is 4.79 Å². The van der Waals surface area contributed by atoms with Crippen molar-refractivity contribution in [3.63, 3.8) is 0 Å². The average Bonchev–Trinajstić information content (AvgIpc) is 3.10. The van der Waals surface area contributed by atoms with Crippen molar-refractivity contribution in [2.24, 2.45) is 29.4 Å². The number of rotatable bonds is 22. The van der Waals surface area contributed by atoms with Crippen molar-refractivity contribution < 1.29 is 33.9 Å². The van der Waals surface area contributed by atoms with Crippen molar-refractivity contribution in [3.05, 3.63) is 71.8 Å². The lowest BCUT2D eigenvalue weighted by Crippen LogP contribution is -2.60. The second-order valence-corrected chi connectivity index (χ2v) is 15.3. The van der Waals surface area contributed by atoms with Gasteiger partial charge in [0.15, 0.2) is 0 Å². The lowest BCUT2D eigenvalue weighted by molar-refractivity contribution is -0.143. The second-order valence-electron chi connectivity index (χ2n) is 15.3. The molecule has 0 bridgehead atoms. The van der Waals surface area contributed by atoms with Gasteiger partial charge >= 0.3 is 5.97 Å². The molecule has 5 amide bonds. The largest absolute Gasteiger partial charge is 0.480 e. The third kappa shape index (κ3) is 15.3. The zero-order valence-electron chi connectivity index (χ0n) is 33.1. The number of carbonyl (C=O) groups excluding carboxylic acids is 5. The normalized spacial score (nSPS) is 15.3. The Morgan fingerprint density at radius 1 is 0.593 bits per heavy atom. The summed E-state index contributed by atoms with van der Waals surface area (Å²) in [4.78, 5) is 79.0. The van der Waals surface area contributed by atoms with E-state index in [1.807, 2.05) is 81.4 Å². The van der Waals surface area contributed by atoms with Crippen LogP contribution in [0.15, 0.2) is 60.7 Å². The summed E-state index contributed by atoms with van der Waals surface area (Å²) in [7, 11) is 0. The van der Waals surface area contributed by atoms with Gasteiger partial charge in [-0.1, -0.05) is 122 Å². The van der Waals surface area contributed by atoms with Gasteiger partial charge < -0.3 is 37.4 Å². The van der Waals surface area contributed by atoms with Gasteiger partial charge in [0, 0.05) is 31.3 Å². The first kappa shape index (κ1) is 45.4. The summed E-state index contributed by atoms with van der Waals surface area (Å²) in [6, 6.07) is 12.8. The molecule has 2 rings (SSSR count). The molecule has 2 aromatic rings. The highest BCUT2D eigenvalue weighted by molar-refractivity contribution is 5.93. The van der Waals surface area contributed by atoms with Crippen LogP contribution in [-0.2, 0) is 41.6 Å². The summed E-state index contributed by atoms with van der Waals surface area (Å²) in [6.45, 7) is 14.4. The van der Waals surface area contributed by atoms with Crippen LogP contribution in [0.5, 0.6) is 0 Å². The molecule has 0 aromatic heterocycles. The predicted octanol–water partition coefficient (Wildman–Crippen LogP) is 3.10. The summed E-state index contributed by atoms with van der Waals surface area (Å²) in [5.41, 5.74) is 8.35. The Kier molecular flexibility index (Phi) is 18.9. The van der Waals surface area contributed by atoms with Crippen molar-refractivity contribution in [2.45, 2.75) is 124 Å². The minimum Gasteiger partial charge on any atom is -0.480 e. The number of hydrogen-bond donors (Lipinski definition) is 7. The number of carboxylic acid groups (broad SMARTS) is 1. The molecule has 298 valence electrons. The van der Waals surface area contributed by atoms with E-state index in [2.05, 4.69) is 26.6 Å². The molecule has 13 heteroatoms. The Hall–Kier alpha value is -4.78. The molecule has 0 saturated carbocycles. The highest BCUT2D eigenvalue weighted by Crippen LogP contribution is 2.14. The summed E-state index contributed by atoms with van der Waals surface area (Å²) < 4.78 is 0. The van der Waals surface area contributed by atoms with Gasteiger partial charge in [-0.2, -0.15) is 0 Å². The third-order valence-electron chi connectivity index (χ3n) is 9.38. The number of amides is 5. The van der Waals surface area contributed by atoms with Gasteiger partial charge in [-0.3, -0.25) is 24.0 Å². The summed E-state index contributed by atoms with van der Waals surface area (Å²) in [5.74, 6) is -4.58. The molecule has 3 unspecified atom stereocenters. The van der Waals surface area contributed by atoms with E-state index < -0.39 is 65.8 Å². The van der Waals surface area contributed by atoms with Crippen LogP contribution in [0.25, 0.3) is 0 Å². The Balaban J connectivity index is 2.30. The molecule has 0 aliphatic carbocycles. The molecule has 0 saturated heterocycles. The fourth-order valence-corrected chi connectivity index (χ4v) is 5.97. The molecule has 0 fully saturated rings.